The van der Waals surface area contributed by atoms with Gasteiger partial charge in [-0.15, -0.1) is 11.3 Å². The van der Waals surface area contributed by atoms with E-state index in [2.05, 4.69) is 29.0 Å². The number of thiophene rings is 1. The van der Waals surface area contributed by atoms with Gasteiger partial charge in [0.05, 0.1) is 12.0 Å². The Morgan fingerprint density at radius 2 is 2.08 bits per heavy atom. The second-order valence-corrected chi connectivity index (χ2v) is 7.81. The largest absolute Gasteiger partial charge is 0.494 e. The van der Waals surface area contributed by atoms with Crippen molar-refractivity contribution in [1.29, 1.82) is 0 Å². The Balaban J connectivity index is 1.48. The van der Waals surface area contributed by atoms with Crippen LogP contribution in [0.25, 0.3) is 10.2 Å². The normalized spacial score (nSPS) is 11.1. The number of hydrogen-bond acceptors (Lipinski definition) is 5. The Morgan fingerprint density at radius 1 is 1.29 bits per heavy atom. The van der Waals surface area contributed by atoms with Crippen molar-refractivity contribution in [2.75, 3.05) is 12.4 Å². The van der Waals surface area contributed by atoms with Crippen LogP contribution in [0.5, 0.6) is 5.75 Å². The molecule has 0 amide bonds. The molecular weight excluding hydrogens is 340 g/mol. The van der Waals surface area contributed by atoms with Gasteiger partial charge in [0.1, 0.15) is 10.6 Å². The third-order valence-electron chi connectivity index (χ3n) is 3.63. The van der Waals surface area contributed by atoms with Gasteiger partial charge in [0.15, 0.2) is 5.16 Å². The van der Waals surface area contributed by atoms with Crippen LogP contribution < -0.4 is 10.3 Å². The van der Waals surface area contributed by atoms with Gasteiger partial charge >= 0.3 is 0 Å². The molecule has 3 rings (SSSR count). The number of aromatic amines is 1. The first-order chi connectivity index (χ1) is 11.7. The van der Waals surface area contributed by atoms with Crippen LogP contribution in [0.3, 0.4) is 0 Å². The van der Waals surface area contributed by atoms with Gasteiger partial charge in [-0.3, -0.25) is 4.79 Å². The van der Waals surface area contributed by atoms with E-state index in [-0.39, 0.29) is 5.56 Å². The summed E-state index contributed by atoms with van der Waals surface area (Å²) < 4.78 is 5.74. The van der Waals surface area contributed by atoms with E-state index < -0.39 is 0 Å². The standard InChI is InChI=1S/C18H20N2O2S2/c1-3-13-5-7-14(8-6-13)22-9-4-10-23-18-19-16(21)15-11-12(2)24-17(15)20-18/h5-8,11H,3-4,9-10H2,1-2H3,(H,19,20,21). The summed E-state index contributed by atoms with van der Waals surface area (Å²) in [4.78, 5) is 21.3. The van der Waals surface area contributed by atoms with Crippen molar-refractivity contribution in [2.24, 2.45) is 0 Å². The van der Waals surface area contributed by atoms with Gasteiger partial charge in [-0.25, -0.2) is 4.98 Å². The third-order valence-corrected chi connectivity index (χ3v) is 5.54. The first-order valence-electron chi connectivity index (χ1n) is 8.00. The van der Waals surface area contributed by atoms with Crippen molar-refractivity contribution in [3.63, 3.8) is 0 Å². The number of benzene rings is 1. The maximum atomic E-state index is 12.0. The molecule has 0 atom stereocenters. The summed E-state index contributed by atoms with van der Waals surface area (Å²) >= 11 is 3.12. The van der Waals surface area contributed by atoms with Crippen LogP contribution in [-0.4, -0.2) is 22.3 Å². The van der Waals surface area contributed by atoms with Crippen molar-refractivity contribution < 1.29 is 4.74 Å². The number of H-pyrrole nitrogens is 1. The van der Waals surface area contributed by atoms with Gasteiger partial charge in [-0.05, 0) is 43.5 Å². The number of nitrogens with one attached hydrogen (secondary N) is 1. The molecule has 0 aliphatic heterocycles. The molecule has 0 aliphatic rings. The highest BCUT2D eigenvalue weighted by molar-refractivity contribution is 7.99. The maximum absolute atomic E-state index is 12.0. The van der Waals surface area contributed by atoms with Crippen molar-refractivity contribution in [3.05, 3.63) is 51.1 Å². The molecule has 0 saturated carbocycles. The molecule has 0 fully saturated rings. The lowest BCUT2D eigenvalue weighted by molar-refractivity contribution is 0.318. The third kappa shape index (κ3) is 4.19. The number of aromatic nitrogens is 2. The molecule has 2 aromatic heterocycles. The first kappa shape index (κ1) is 17.0. The van der Waals surface area contributed by atoms with E-state index in [9.17, 15) is 4.79 Å². The molecule has 0 radical (unpaired) electrons. The van der Waals surface area contributed by atoms with Gasteiger partial charge < -0.3 is 9.72 Å². The highest BCUT2D eigenvalue weighted by Gasteiger charge is 2.07. The lowest BCUT2D eigenvalue weighted by Crippen LogP contribution is -2.08. The van der Waals surface area contributed by atoms with Gasteiger partial charge in [-0.2, -0.15) is 0 Å². The lowest BCUT2D eigenvalue weighted by atomic mass is 10.2. The fraction of sp³-hybridized carbons (Fsp3) is 0.333. The molecule has 24 heavy (non-hydrogen) atoms. The Kier molecular flexibility index (Phi) is 5.58. The number of ether oxygens (including phenoxy) is 1. The number of thioether (sulfide) groups is 1. The second kappa shape index (κ2) is 7.85. The SMILES string of the molecule is CCc1ccc(OCCCSc2nc3sc(C)cc3c(=O)[nH]2)cc1. The molecule has 126 valence electrons. The summed E-state index contributed by atoms with van der Waals surface area (Å²) in [7, 11) is 0. The maximum Gasteiger partial charge on any atom is 0.260 e. The molecule has 4 nitrogen and oxygen atoms in total. The smallest absolute Gasteiger partial charge is 0.260 e. The Bertz CT molecular complexity index is 869. The van der Waals surface area contributed by atoms with Crippen molar-refractivity contribution in [1.82, 2.24) is 9.97 Å². The quantitative estimate of drug-likeness (QED) is 0.385. The number of aryl methyl sites for hydroxylation is 2. The summed E-state index contributed by atoms with van der Waals surface area (Å²) in [6, 6.07) is 10.1. The van der Waals surface area contributed by atoms with Gasteiger partial charge in [0.25, 0.3) is 5.56 Å². The number of fused-ring (bicyclic) bond motifs is 1. The molecule has 0 bridgehead atoms. The van der Waals surface area contributed by atoms with Gasteiger partial charge in [0.2, 0.25) is 0 Å². The summed E-state index contributed by atoms with van der Waals surface area (Å²) in [5.41, 5.74) is 1.26. The van der Waals surface area contributed by atoms with Crippen LogP contribution in [-0.2, 0) is 6.42 Å². The summed E-state index contributed by atoms with van der Waals surface area (Å²) in [5.74, 6) is 1.76. The Hall–Kier alpha value is -1.79. The van der Waals surface area contributed by atoms with E-state index in [1.165, 1.54) is 5.56 Å². The molecule has 0 spiro atoms. The van der Waals surface area contributed by atoms with Crippen LogP contribution in [0, 0.1) is 6.92 Å². The molecule has 1 aromatic carbocycles. The average molecular weight is 361 g/mol. The molecule has 0 aliphatic carbocycles. The molecular formula is C18H20N2O2S2. The molecule has 3 aromatic rings. The van der Waals surface area contributed by atoms with Crippen molar-refractivity contribution in [3.8, 4) is 5.75 Å². The Morgan fingerprint density at radius 3 is 2.83 bits per heavy atom. The molecule has 2 heterocycles. The van der Waals surface area contributed by atoms with Crippen LogP contribution in [0.15, 0.2) is 40.3 Å². The summed E-state index contributed by atoms with van der Waals surface area (Å²) in [6.45, 7) is 4.78. The number of hydrogen-bond donors (Lipinski definition) is 1. The van der Waals surface area contributed by atoms with Gasteiger partial charge in [0, 0.05) is 10.6 Å². The predicted octanol–water partition coefficient (Wildman–Crippen LogP) is 4.42. The zero-order valence-corrected chi connectivity index (χ0v) is 15.4. The van der Waals surface area contributed by atoms with E-state index in [0.717, 1.165) is 34.1 Å². The molecule has 1 N–H and O–H groups in total. The summed E-state index contributed by atoms with van der Waals surface area (Å²) in [6.07, 6.45) is 1.93. The van der Waals surface area contributed by atoms with Crippen LogP contribution in [0.4, 0.5) is 0 Å². The zero-order chi connectivity index (χ0) is 16.9. The van der Waals surface area contributed by atoms with E-state index in [0.29, 0.717) is 17.1 Å². The van der Waals surface area contributed by atoms with E-state index >= 15 is 0 Å². The van der Waals surface area contributed by atoms with Crippen molar-refractivity contribution in [2.45, 2.75) is 31.8 Å². The van der Waals surface area contributed by atoms with E-state index in [4.69, 9.17) is 4.74 Å². The monoisotopic (exact) mass is 360 g/mol. The first-order valence-corrected chi connectivity index (χ1v) is 9.81. The lowest BCUT2D eigenvalue weighted by Gasteiger charge is -2.06. The van der Waals surface area contributed by atoms with Crippen LogP contribution in [0.2, 0.25) is 0 Å². The minimum atomic E-state index is -0.0564. The van der Waals surface area contributed by atoms with E-state index in [1.807, 2.05) is 25.1 Å². The van der Waals surface area contributed by atoms with Crippen LogP contribution in [0.1, 0.15) is 23.8 Å². The Labute approximate surface area is 149 Å². The van der Waals surface area contributed by atoms with Gasteiger partial charge in [-0.1, -0.05) is 30.8 Å². The highest BCUT2D eigenvalue weighted by atomic mass is 32.2. The fourth-order valence-electron chi connectivity index (χ4n) is 2.34. The molecule has 0 saturated heterocycles. The summed E-state index contributed by atoms with van der Waals surface area (Å²) in [5, 5.41) is 1.36. The fourth-order valence-corrected chi connectivity index (χ4v) is 4.05. The van der Waals surface area contributed by atoms with E-state index in [1.54, 1.807) is 23.1 Å². The average Bonchev–Trinajstić information content (AvgIpc) is 2.96. The zero-order valence-electron chi connectivity index (χ0n) is 13.8. The minimum Gasteiger partial charge on any atom is -0.494 e. The highest BCUT2D eigenvalue weighted by Crippen LogP contribution is 2.22. The molecule has 6 heteroatoms. The second-order valence-electron chi connectivity index (χ2n) is 5.49. The minimum absolute atomic E-state index is 0.0564. The van der Waals surface area contributed by atoms with Crippen molar-refractivity contribution >= 4 is 33.3 Å². The topological polar surface area (TPSA) is 55.0 Å². The molecule has 0 unspecified atom stereocenters. The predicted molar refractivity (Wildman–Crippen MR) is 102 cm³/mol. The number of nitrogens with zero attached hydrogens (tertiary/aromatic N) is 1. The number of rotatable bonds is 7. The van der Waals surface area contributed by atoms with Crippen LogP contribution >= 0.6 is 23.1 Å².